The van der Waals surface area contributed by atoms with Crippen LogP contribution in [0.2, 0.25) is 0 Å². The molecule has 168 valence electrons. The predicted octanol–water partition coefficient (Wildman–Crippen LogP) is 1.83. The van der Waals surface area contributed by atoms with Crippen LogP contribution in [0.3, 0.4) is 0 Å². The summed E-state index contributed by atoms with van der Waals surface area (Å²) in [5.74, 6) is 0.843. The Morgan fingerprint density at radius 1 is 1.13 bits per heavy atom. The predicted molar refractivity (Wildman–Crippen MR) is 121 cm³/mol. The zero-order chi connectivity index (χ0) is 21.5. The van der Waals surface area contributed by atoms with Crippen molar-refractivity contribution < 1.29 is 13.2 Å². The van der Waals surface area contributed by atoms with Gasteiger partial charge in [-0.2, -0.15) is 0 Å². The van der Waals surface area contributed by atoms with Gasteiger partial charge in [0.25, 0.3) is 0 Å². The molecule has 7 nitrogen and oxygen atoms in total. The normalized spacial score (nSPS) is 20.3. The number of hydrogen-bond acceptors (Lipinski definition) is 5. The van der Waals surface area contributed by atoms with Crippen molar-refractivity contribution in [2.24, 2.45) is 4.99 Å². The van der Waals surface area contributed by atoms with E-state index in [4.69, 9.17) is 9.73 Å². The monoisotopic (exact) mass is 436 g/mol. The Morgan fingerprint density at radius 3 is 2.40 bits per heavy atom. The standard InChI is InChI=1S/C22H36N4O3S/c1-3-23-21(24-13-10-19-6-8-20(9-7-19)30(2,27)28)25-18-22(11-16-29-17-12-22)26-14-4-5-15-26/h6-9H,3-5,10-18H2,1-2H3,(H2,23,24,25). The van der Waals surface area contributed by atoms with Crippen molar-refractivity contribution in [2.75, 3.05) is 52.2 Å². The molecule has 3 rings (SSSR count). The Morgan fingerprint density at radius 2 is 1.80 bits per heavy atom. The van der Waals surface area contributed by atoms with Crippen molar-refractivity contribution in [2.45, 2.75) is 49.5 Å². The van der Waals surface area contributed by atoms with Gasteiger partial charge in [-0.3, -0.25) is 9.89 Å². The van der Waals surface area contributed by atoms with Crippen molar-refractivity contribution in [3.8, 4) is 0 Å². The molecule has 0 saturated carbocycles. The Kier molecular flexibility index (Phi) is 8.13. The molecule has 2 N–H and O–H groups in total. The molecular weight excluding hydrogens is 400 g/mol. The molecule has 2 heterocycles. The minimum absolute atomic E-state index is 0.124. The van der Waals surface area contributed by atoms with Crippen LogP contribution in [-0.2, 0) is 21.0 Å². The maximum atomic E-state index is 11.6. The molecule has 2 aliphatic rings. The lowest BCUT2D eigenvalue weighted by Gasteiger charge is -2.43. The summed E-state index contributed by atoms with van der Waals surface area (Å²) < 4.78 is 28.8. The number of benzene rings is 1. The van der Waals surface area contributed by atoms with Gasteiger partial charge in [-0.1, -0.05) is 12.1 Å². The largest absolute Gasteiger partial charge is 0.381 e. The molecule has 1 aromatic rings. The number of guanidine groups is 1. The average Bonchev–Trinajstić information content (AvgIpc) is 3.28. The Labute approximate surface area is 181 Å². The number of ether oxygens (including phenoxy) is 1. The first-order valence-electron chi connectivity index (χ1n) is 11.1. The fourth-order valence-corrected chi connectivity index (χ4v) is 4.94. The second-order valence-electron chi connectivity index (χ2n) is 8.32. The lowest BCUT2D eigenvalue weighted by molar-refractivity contribution is -0.0139. The fraction of sp³-hybridized carbons (Fsp3) is 0.682. The first kappa shape index (κ1) is 23.0. The van der Waals surface area contributed by atoms with E-state index >= 15 is 0 Å². The molecule has 0 amide bonds. The van der Waals surface area contributed by atoms with Gasteiger partial charge in [0.2, 0.25) is 0 Å². The molecule has 1 aromatic carbocycles. The summed E-state index contributed by atoms with van der Waals surface area (Å²) in [5.41, 5.74) is 1.22. The molecule has 2 aliphatic heterocycles. The minimum Gasteiger partial charge on any atom is -0.381 e. The quantitative estimate of drug-likeness (QED) is 0.478. The molecule has 2 fully saturated rings. The van der Waals surface area contributed by atoms with Gasteiger partial charge in [0, 0.05) is 38.1 Å². The number of nitrogens with zero attached hydrogens (tertiary/aromatic N) is 2. The molecule has 0 aliphatic carbocycles. The van der Waals surface area contributed by atoms with Crippen LogP contribution in [0, 0.1) is 0 Å². The lowest BCUT2D eigenvalue weighted by Crippen LogP contribution is -2.54. The van der Waals surface area contributed by atoms with E-state index in [9.17, 15) is 8.42 Å². The van der Waals surface area contributed by atoms with Crippen molar-refractivity contribution in [3.63, 3.8) is 0 Å². The first-order chi connectivity index (χ1) is 14.4. The highest BCUT2D eigenvalue weighted by Gasteiger charge is 2.39. The van der Waals surface area contributed by atoms with Crippen LogP contribution in [0.5, 0.6) is 0 Å². The molecule has 0 unspecified atom stereocenters. The third-order valence-corrected chi connectivity index (χ3v) is 7.26. The highest BCUT2D eigenvalue weighted by atomic mass is 32.2. The topological polar surface area (TPSA) is 83.0 Å². The van der Waals surface area contributed by atoms with Crippen molar-refractivity contribution >= 4 is 15.8 Å². The van der Waals surface area contributed by atoms with E-state index in [1.807, 2.05) is 12.1 Å². The van der Waals surface area contributed by atoms with Crippen LogP contribution in [-0.4, -0.2) is 77.0 Å². The Bertz CT molecular complexity index is 796. The average molecular weight is 437 g/mol. The molecule has 8 heteroatoms. The molecule has 0 atom stereocenters. The zero-order valence-corrected chi connectivity index (χ0v) is 19.1. The summed E-state index contributed by atoms with van der Waals surface area (Å²) >= 11 is 0. The third-order valence-electron chi connectivity index (χ3n) is 6.13. The third kappa shape index (κ3) is 6.18. The van der Waals surface area contributed by atoms with Gasteiger partial charge in [0.15, 0.2) is 15.8 Å². The van der Waals surface area contributed by atoms with Gasteiger partial charge >= 0.3 is 0 Å². The summed E-state index contributed by atoms with van der Waals surface area (Å²) in [6.45, 7) is 8.39. The molecule has 0 spiro atoms. The van der Waals surface area contributed by atoms with Crippen LogP contribution in [0.4, 0.5) is 0 Å². The zero-order valence-electron chi connectivity index (χ0n) is 18.3. The van der Waals surface area contributed by atoms with Gasteiger partial charge in [-0.15, -0.1) is 0 Å². The summed E-state index contributed by atoms with van der Waals surface area (Å²) in [4.78, 5) is 7.94. The van der Waals surface area contributed by atoms with Gasteiger partial charge in [0.1, 0.15) is 0 Å². The molecule has 0 radical (unpaired) electrons. The molecular formula is C22H36N4O3S. The van der Waals surface area contributed by atoms with Crippen molar-refractivity contribution in [1.29, 1.82) is 0 Å². The van der Waals surface area contributed by atoms with Crippen LogP contribution in [0.1, 0.15) is 38.2 Å². The number of hydrogen-bond donors (Lipinski definition) is 2. The maximum absolute atomic E-state index is 11.6. The van der Waals surface area contributed by atoms with Gasteiger partial charge in [-0.05, 0) is 69.8 Å². The molecule has 0 bridgehead atoms. The van der Waals surface area contributed by atoms with Crippen LogP contribution < -0.4 is 10.6 Å². The smallest absolute Gasteiger partial charge is 0.191 e. The number of likely N-dealkylation sites (tertiary alicyclic amines) is 1. The lowest BCUT2D eigenvalue weighted by atomic mass is 9.88. The second kappa shape index (κ2) is 10.6. The molecule has 0 aromatic heterocycles. The SMILES string of the molecule is CCNC(=NCC1(N2CCCC2)CCOCC1)NCCc1ccc(S(C)(=O)=O)cc1. The number of rotatable bonds is 8. The highest BCUT2D eigenvalue weighted by Crippen LogP contribution is 2.31. The molecule has 2 saturated heterocycles. The van der Waals surface area contributed by atoms with Gasteiger partial charge < -0.3 is 15.4 Å². The van der Waals surface area contributed by atoms with Crippen molar-refractivity contribution in [3.05, 3.63) is 29.8 Å². The van der Waals surface area contributed by atoms with E-state index in [0.29, 0.717) is 4.90 Å². The summed E-state index contributed by atoms with van der Waals surface area (Å²) in [7, 11) is -3.15. The first-order valence-corrected chi connectivity index (χ1v) is 13.0. The van der Waals surface area contributed by atoms with Crippen LogP contribution >= 0.6 is 0 Å². The van der Waals surface area contributed by atoms with E-state index in [0.717, 1.165) is 63.6 Å². The second-order valence-corrected chi connectivity index (χ2v) is 10.3. The van der Waals surface area contributed by atoms with Crippen molar-refractivity contribution in [1.82, 2.24) is 15.5 Å². The summed E-state index contributed by atoms with van der Waals surface area (Å²) in [6.07, 6.45) is 6.69. The summed E-state index contributed by atoms with van der Waals surface area (Å²) in [5, 5.41) is 6.79. The fourth-order valence-electron chi connectivity index (χ4n) is 4.31. The van der Waals surface area contributed by atoms with E-state index in [1.54, 1.807) is 12.1 Å². The van der Waals surface area contributed by atoms with Gasteiger partial charge in [0.05, 0.1) is 11.4 Å². The highest BCUT2D eigenvalue weighted by molar-refractivity contribution is 7.90. The summed E-state index contributed by atoms with van der Waals surface area (Å²) in [6, 6.07) is 7.11. The number of aliphatic imine (C=N–C) groups is 1. The van der Waals surface area contributed by atoms with Crippen LogP contribution in [0.15, 0.2) is 34.2 Å². The Balaban J connectivity index is 1.58. The molecule has 30 heavy (non-hydrogen) atoms. The van der Waals surface area contributed by atoms with Gasteiger partial charge in [-0.25, -0.2) is 8.42 Å². The number of sulfone groups is 1. The maximum Gasteiger partial charge on any atom is 0.191 e. The minimum atomic E-state index is -3.15. The van der Waals surface area contributed by atoms with Crippen LogP contribution in [0.25, 0.3) is 0 Å². The Hall–Kier alpha value is -1.64. The van der Waals surface area contributed by atoms with E-state index in [2.05, 4.69) is 22.5 Å². The van der Waals surface area contributed by atoms with E-state index in [1.165, 1.54) is 32.2 Å². The van der Waals surface area contributed by atoms with E-state index < -0.39 is 9.84 Å². The van der Waals surface area contributed by atoms with E-state index in [-0.39, 0.29) is 5.54 Å². The number of nitrogens with one attached hydrogen (secondary N) is 2.